The summed E-state index contributed by atoms with van der Waals surface area (Å²) < 4.78 is 13.0. The SMILES string of the molecule is Cc1cc(-c2nncc3c(C(C)(C)C)c(OCc4ccc(C(=O)N5CCC5)cn4)nn23)no1. The second-order valence-corrected chi connectivity index (χ2v) is 9.19. The molecule has 0 unspecified atom stereocenters. The van der Waals surface area contributed by atoms with E-state index in [1.807, 2.05) is 17.9 Å². The Morgan fingerprint density at radius 2 is 2.03 bits per heavy atom. The highest BCUT2D eigenvalue weighted by molar-refractivity contribution is 5.94. The normalized spacial score (nSPS) is 13.9. The highest BCUT2D eigenvalue weighted by Crippen LogP contribution is 2.36. The first-order valence-electron chi connectivity index (χ1n) is 10.9. The van der Waals surface area contributed by atoms with Crippen molar-refractivity contribution in [2.45, 2.75) is 46.1 Å². The highest BCUT2D eigenvalue weighted by atomic mass is 16.5. The summed E-state index contributed by atoms with van der Waals surface area (Å²) in [6.45, 7) is 9.92. The fourth-order valence-corrected chi connectivity index (χ4v) is 3.79. The number of rotatable bonds is 5. The Morgan fingerprint density at radius 1 is 1.21 bits per heavy atom. The number of aromatic nitrogens is 6. The third-order valence-corrected chi connectivity index (χ3v) is 5.60. The molecule has 0 bridgehead atoms. The third-order valence-electron chi connectivity index (χ3n) is 5.60. The number of hydrogen-bond acceptors (Lipinski definition) is 8. The number of ether oxygens (including phenoxy) is 1. The lowest BCUT2D eigenvalue weighted by Crippen LogP contribution is -2.42. The lowest BCUT2D eigenvalue weighted by molar-refractivity contribution is 0.0651. The molecule has 0 N–H and O–H groups in total. The van der Waals surface area contributed by atoms with Crippen LogP contribution >= 0.6 is 0 Å². The van der Waals surface area contributed by atoms with Crippen LogP contribution in [-0.4, -0.2) is 53.8 Å². The number of pyridine rings is 1. The van der Waals surface area contributed by atoms with Crippen molar-refractivity contribution < 1.29 is 14.1 Å². The second-order valence-electron chi connectivity index (χ2n) is 9.19. The zero-order chi connectivity index (χ0) is 23.2. The van der Waals surface area contributed by atoms with Crippen molar-refractivity contribution in [3.63, 3.8) is 0 Å². The summed E-state index contributed by atoms with van der Waals surface area (Å²) in [5, 5.41) is 17.1. The topological polar surface area (TPSA) is 112 Å². The van der Waals surface area contributed by atoms with E-state index in [0.29, 0.717) is 34.4 Å². The number of carbonyl (C=O) groups excluding carboxylic acids is 1. The number of hydrogen-bond donors (Lipinski definition) is 0. The van der Waals surface area contributed by atoms with Gasteiger partial charge in [0.25, 0.3) is 5.91 Å². The molecular formula is C23H25N7O3. The molecule has 5 heterocycles. The highest BCUT2D eigenvalue weighted by Gasteiger charge is 2.28. The van der Waals surface area contributed by atoms with Crippen LogP contribution in [-0.2, 0) is 12.0 Å². The predicted molar refractivity (Wildman–Crippen MR) is 119 cm³/mol. The van der Waals surface area contributed by atoms with Crippen molar-refractivity contribution >= 4 is 11.4 Å². The van der Waals surface area contributed by atoms with Gasteiger partial charge < -0.3 is 14.2 Å². The van der Waals surface area contributed by atoms with E-state index in [2.05, 4.69) is 46.2 Å². The van der Waals surface area contributed by atoms with Gasteiger partial charge in [-0.3, -0.25) is 9.78 Å². The molecule has 1 aliphatic heterocycles. The number of aryl methyl sites for hydroxylation is 1. The molecule has 1 amide bonds. The van der Waals surface area contributed by atoms with E-state index < -0.39 is 0 Å². The lowest BCUT2D eigenvalue weighted by Gasteiger charge is -2.30. The van der Waals surface area contributed by atoms with Gasteiger partial charge in [0.05, 0.1) is 23.0 Å². The summed E-state index contributed by atoms with van der Waals surface area (Å²) in [5.74, 6) is 1.63. The van der Waals surface area contributed by atoms with Crippen molar-refractivity contribution in [1.29, 1.82) is 0 Å². The Hall–Kier alpha value is -3.82. The molecule has 0 aliphatic carbocycles. The van der Waals surface area contributed by atoms with Crippen molar-refractivity contribution in [2.75, 3.05) is 13.1 Å². The average molecular weight is 447 g/mol. The van der Waals surface area contributed by atoms with Crippen LogP contribution in [0.15, 0.2) is 35.1 Å². The fourth-order valence-electron chi connectivity index (χ4n) is 3.79. The van der Waals surface area contributed by atoms with Crippen molar-refractivity contribution in [3.05, 3.63) is 53.2 Å². The van der Waals surface area contributed by atoms with Crippen molar-refractivity contribution in [1.82, 2.24) is 34.9 Å². The van der Waals surface area contributed by atoms with Crippen LogP contribution in [0.5, 0.6) is 5.88 Å². The molecule has 4 aromatic rings. The molecular weight excluding hydrogens is 422 g/mol. The minimum atomic E-state index is -0.266. The molecule has 10 nitrogen and oxygen atoms in total. The molecule has 5 rings (SSSR count). The van der Waals surface area contributed by atoms with Crippen molar-refractivity contribution in [2.24, 2.45) is 0 Å². The van der Waals surface area contributed by atoms with Gasteiger partial charge in [0.1, 0.15) is 12.4 Å². The maximum atomic E-state index is 12.3. The first-order valence-corrected chi connectivity index (χ1v) is 10.9. The standard InChI is InChI=1S/C23H25N7O3/c1-14-10-17(28-33-14)20-26-25-12-18-19(23(2,3)4)21(27-30(18)20)32-13-16-7-6-15(11-24-16)22(31)29-8-5-9-29/h6-7,10-12H,5,8-9,13H2,1-4H3. The second kappa shape index (κ2) is 7.95. The number of amides is 1. The molecule has 10 heteroatoms. The third kappa shape index (κ3) is 3.92. The summed E-state index contributed by atoms with van der Waals surface area (Å²) in [7, 11) is 0. The quantitative estimate of drug-likeness (QED) is 0.458. The van der Waals surface area contributed by atoms with E-state index >= 15 is 0 Å². The van der Waals surface area contributed by atoms with Gasteiger partial charge >= 0.3 is 0 Å². The van der Waals surface area contributed by atoms with Crippen LogP contribution in [0, 0.1) is 6.92 Å². The Morgan fingerprint density at radius 3 is 2.64 bits per heavy atom. The first-order chi connectivity index (χ1) is 15.8. The van der Waals surface area contributed by atoms with E-state index in [0.717, 1.165) is 30.6 Å². The Balaban J connectivity index is 1.44. The summed E-state index contributed by atoms with van der Waals surface area (Å²) in [6.07, 6.45) is 4.33. The van der Waals surface area contributed by atoms with Crippen LogP contribution in [0.1, 0.15) is 54.6 Å². The predicted octanol–water partition coefficient (Wildman–Crippen LogP) is 3.21. The van der Waals surface area contributed by atoms with Crippen LogP contribution in [0.4, 0.5) is 0 Å². The smallest absolute Gasteiger partial charge is 0.255 e. The summed E-state index contributed by atoms with van der Waals surface area (Å²) >= 11 is 0. The molecule has 33 heavy (non-hydrogen) atoms. The lowest BCUT2D eigenvalue weighted by atomic mass is 9.88. The van der Waals surface area contributed by atoms with Gasteiger partial charge in [-0.2, -0.15) is 5.10 Å². The largest absolute Gasteiger partial charge is 0.470 e. The molecule has 1 aliphatic rings. The molecule has 1 saturated heterocycles. The van der Waals surface area contributed by atoms with Gasteiger partial charge in [0, 0.05) is 30.9 Å². The molecule has 0 saturated carbocycles. The summed E-state index contributed by atoms with van der Waals surface area (Å²) in [6, 6.07) is 5.39. The van der Waals surface area contributed by atoms with E-state index in [9.17, 15) is 4.79 Å². The molecule has 0 atom stereocenters. The Labute approximate surface area is 190 Å². The summed E-state index contributed by atoms with van der Waals surface area (Å²) in [4.78, 5) is 18.6. The van der Waals surface area contributed by atoms with E-state index in [1.165, 1.54) is 0 Å². The number of nitrogens with zero attached hydrogens (tertiary/aromatic N) is 7. The van der Waals surface area contributed by atoms with Crippen LogP contribution in [0.25, 0.3) is 17.0 Å². The number of fused-ring (bicyclic) bond motifs is 1. The monoisotopic (exact) mass is 447 g/mol. The molecule has 170 valence electrons. The molecule has 0 aromatic carbocycles. The zero-order valence-electron chi connectivity index (χ0n) is 19.1. The number of carbonyl (C=O) groups is 1. The summed E-state index contributed by atoms with van der Waals surface area (Å²) in [5.41, 5.74) is 3.26. The first kappa shape index (κ1) is 21.0. The zero-order valence-corrected chi connectivity index (χ0v) is 19.1. The minimum absolute atomic E-state index is 0.0206. The van der Waals surface area contributed by atoms with Gasteiger partial charge in [-0.25, -0.2) is 4.52 Å². The molecule has 0 radical (unpaired) electrons. The fraction of sp³-hybridized carbons (Fsp3) is 0.391. The average Bonchev–Trinajstić information content (AvgIpc) is 3.34. The maximum Gasteiger partial charge on any atom is 0.255 e. The van der Waals surface area contributed by atoms with Gasteiger partial charge in [-0.05, 0) is 30.9 Å². The minimum Gasteiger partial charge on any atom is -0.470 e. The Bertz CT molecular complexity index is 1310. The number of likely N-dealkylation sites (tertiary alicyclic amines) is 1. The van der Waals surface area contributed by atoms with Gasteiger partial charge in [0.2, 0.25) is 11.7 Å². The van der Waals surface area contributed by atoms with Gasteiger partial charge in [0.15, 0.2) is 5.69 Å². The van der Waals surface area contributed by atoms with Crippen LogP contribution < -0.4 is 4.74 Å². The van der Waals surface area contributed by atoms with E-state index in [-0.39, 0.29) is 17.9 Å². The molecule has 4 aromatic heterocycles. The van der Waals surface area contributed by atoms with Crippen LogP contribution in [0.3, 0.4) is 0 Å². The van der Waals surface area contributed by atoms with Gasteiger partial charge in [-0.15, -0.1) is 10.2 Å². The van der Waals surface area contributed by atoms with E-state index in [1.54, 1.807) is 29.0 Å². The Kier molecular flexibility index (Phi) is 5.07. The van der Waals surface area contributed by atoms with Crippen LogP contribution in [0.2, 0.25) is 0 Å². The van der Waals surface area contributed by atoms with Crippen molar-refractivity contribution in [3.8, 4) is 17.4 Å². The maximum absolute atomic E-state index is 12.3. The molecule has 0 spiro atoms. The molecule has 1 fully saturated rings. The van der Waals surface area contributed by atoms with Gasteiger partial charge in [-0.1, -0.05) is 25.9 Å². The van der Waals surface area contributed by atoms with E-state index in [4.69, 9.17) is 9.26 Å².